The van der Waals surface area contributed by atoms with Gasteiger partial charge in [0, 0.05) is 13.1 Å². The minimum Gasteiger partial charge on any atom is -0.359 e. The van der Waals surface area contributed by atoms with Gasteiger partial charge in [0.15, 0.2) is 0 Å². The maximum Gasteiger partial charge on any atom is 0.294 e. The first-order valence-corrected chi connectivity index (χ1v) is 3.76. The Kier molecular flexibility index (Phi) is 1.70. The van der Waals surface area contributed by atoms with Gasteiger partial charge in [0.05, 0.1) is 5.69 Å². The van der Waals surface area contributed by atoms with Crippen LogP contribution in [0.5, 0.6) is 0 Å². The molecular weight excluding hydrogens is 170 g/mol. The first kappa shape index (κ1) is 7.72. The third-order valence-electron chi connectivity index (χ3n) is 1.57. The molecule has 13 heavy (non-hydrogen) atoms. The Morgan fingerprint density at radius 2 is 2.46 bits per heavy atom. The molecule has 0 saturated carbocycles. The number of hydrogen-bond donors (Lipinski definition) is 1. The largest absolute Gasteiger partial charge is 0.359 e. The van der Waals surface area contributed by atoms with Gasteiger partial charge in [-0.2, -0.15) is 4.98 Å². The second-order valence-electron chi connectivity index (χ2n) is 2.56. The molecule has 0 spiro atoms. The van der Waals surface area contributed by atoms with Crippen LogP contribution in [0.25, 0.3) is 11.5 Å². The van der Waals surface area contributed by atoms with Crippen molar-refractivity contribution in [2.24, 2.45) is 0 Å². The average molecular weight is 177 g/mol. The van der Waals surface area contributed by atoms with Crippen LogP contribution < -0.4 is 0 Å². The molecule has 0 fully saturated rings. The van der Waals surface area contributed by atoms with E-state index in [1.54, 1.807) is 12.3 Å². The number of aromatic nitrogens is 3. The molecule has 0 unspecified atom stereocenters. The molecule has 66 valence electrons. The Balaban J connectivity index is 2.39. The Morgan fingerprint density at radius 1 is 1.62 bits per heavy atom. The van der Waals surface area contributed by atoms with Gasteiger partial charge in [0.25, 0.3) is 5.89 Å². The Hall–Kier alpha value is -1.91. The molecular formula is C8H7N3O2. The van der Waals surface area contributed by atoms with E-state index in [-0.39, 0.29) is 11.7 Å². The van der Waals surface area contributed by atoms with Crippen molar-refractivity contribution in [1.82, 2.24) is 15.1 Å². The smallest absolute Gasteiger partial charge is 0.294 e. The summed E-state index contributed by atoms with van der Waals surface area (Å²) in [5.41, 5.74) is 0.733. The lowest BCUT2D eigenvalue weighted by molar-refractivity contribution is 0.0972. The number of carbonyl (C=O) groups is 1. The molecule has 1 N–H and O–H groups in total. The number of aromatic amines is 1. The minimum absolute atomic E-state index is 0.0320. The number of nitrogens with zero attached hydrogens (tertiary/aromatic N) is 2. The summed E-state index contributed by atoms with van der Waals surface area (Å²) in [6, 6.07) is 3.62. The van der Waals surface area contributed by atoms with Gasteiger partial charge in [-0.3, -0.25) is 4.79 Å². The van der Waals surface area contributed by atoms with Crippen LogP contribution in [-0.2, 0) is 0 Å². The SMILES string of the molecule is CC(=O)c1nc(-c2ccc[nH]2)no1. The number of nitrogens with one attached hydrogen (secondary N) is 1. The molecule has 0 aromatic carbocycles. The number of Topliss-reactive ketones (excluding diaryl/α,β-unsaturated/α-hetero) is 1. The fourth-order valence-electron chi connectivity index (χ4n) is 0.945. The fourth-order valence-corrected chi connectivity index (χ4v) is 0.945. The van der Waals surface area contributed by atoms with E-state index in [0.717, 1.165) is 5.69 Å². The van der Waals surface area contributed by atoms with Crippen molar-refractivity contribution in [2.45, 2.75) is 6.92 Å². The van der Waals surface area contributed by atoms with Crippen LogP contribution in [0.15, 0.2) is 22.9 Å². The Morgan fingerprint density at radius 3 is 3.00 bits per heavy atom. The zero-order valence-corrected chi connectivity index (χ0v) is 6.94. The third-order valence-corrected chi connectivity index (χ3v) is 1.57. The number of rotatable bonds is 2. The van der Waals surface area contributed by atoms with Crippen molar-refractivity contribution in [2.75, 3.05) is 0 Å². The van der Waals surface area contributed by atoms with Gasteiger partial charge in [-0.25, -0.2) is 0 Å². The maximum absolute atomic E-state index is 10.8. The standard InChI is InChI=1S/C8H7N3O2/c1-5(12)8-10-7(11-13-8)6-3-2-4-9-6/h2-4,9H,1H3. The summed E-state index contributed by atoms with van der Waals surface area (Å²) in [4.78, 5) is 17.6. The summed E-state index contributed by atoms with van der Waals surface area (Å²) >= 11 is 0. The molecule has 5 nitrogen and oxygen atoms in total. The number of hydrogen-bond acceptors (Lipinski definition) is 4. The lowest BCUT2D eigenvalue weighted by Crippen LogP contribution is -1.91. The quantitative estimate of drug-likeness (QED) is 0.701. The van der Waals surface area contributed by atoms with Gasteiger partial charge in [-0.05, 0) is 12.1 Å². The van der Waals surface area contributed by atoms with Crippen LogP contribution in [0, 0.1) is 0 Å². The molecule has 2 heterocycles. The third kappa shape index (κ3) is 1.35. The van der Waals surface area contributed by atoms with Gasteiger partial charge in [-0.15, -0.1) is 0 Å². The Labute approximate surface area is 73.8 Å². The molecule has 0 aliphatic rings. The topological polar surface area (TPSA) is 71.8 Å². The predicted molar refractivity (Wildman–Crippen MR) is 44.1 cm³/mol. The van der Waals surface area contributed by atoms with Crippen molar-refractivity contribution >= 4 is 5.78 Å². The second kappa shape index (κ2) is 2.85. The van der Waals surface area contributed by atoms with E-state index in [9.17, 15) is 4.79 Å². The van der Waals surface area contributed by atoms with Crippen LogP contribution in [0.4, 0.5) is 0 Å². The van der Waals surface area contributed by atoms with Gasteiger partial charge in [0.2, 0.25) is 11.6 Å². The first-order chi connectivity index (χ1) is 6.27. The highest BCUT2D eigenvalue weighted by atomic mass is 16.5. The van der Waals surface area contributed by atoms with Crippen LogP contribution >= 0.6 is 0 Å². The molecule has 2 rings (SSSR count). The lowest BCUT2D eigenvalue weighted by Gasteiger charge is -1.83. The number of ketones is 1. The summed E-state index contributed by atoms with van der Waals surface area (Å²) in [5.74, 6) is 0.199. The number of carbonyl (C=O) groups excluding carboxylic acids is 1. The summed E-state index contributed by atoms with van der Waals surface area (Å²) in [6.45, 7) is 1.38. The highest BCUT2D eigenvalue weighted by Crippen LogP contribution is 2.12. The molecule has 0 aliphatic heterocycles. The van der Waals surface area contributed by atoms with Gasteiger partial charge >= 0.3 is 0 Å². The monoisotopic (exact) mass is 177 g/mol. The highest BCUT2D eigenvalue weighted by Gasteiger charge is 2.11. The molecule has 2 aromatic rings. The van der Waals surface area contributed by atoms with E-state index in [4.69, 9.17) is 4.52 Å². The summed E-state index contributed by atoms with van der Waals surface area (Å²) in [5, 5.41) is 3.64. The van der Waals surface area contributed by atoms with Crippen molar-refractivity contribution in [1.29, 1.82) is 0 Å². The van der Waals surface area contributed by atoms with E-state index in [2.05, 4.69) is 15.1 Å². The predicted octanol–water partition coefficient (Wildman–Crippen LogP) is 1.27. The zero-order chi connectivity index (χ0) is 9.26. The molecule has 2 aromatic heterocycles. The van der Waals surface area contributed by atoms with Crippen molar-refractivity contribution < 1.29 is 9.32 Å². The van der Waals surface area contributed by atoms with Crippen molar-refractivity contribution in [3.05, 3.63) is 24.2 Å². The van der Waals surface area contributed by atoms with Gasteiger partial charge < -0.3 is 9.51 Å². The second-order valence-corrected chi connectivity index (χ2v) is 2.56. The molecule has 0 amide bonds. The van der Waals surface area contributed by atoms with Gasteiger partial charge in [0.1, 0.15) is 0 Å². The summed E-state index contributed by atoms with van der Waals surface area (Å²) in [7, 11) is 0. The molecule has 0 radical (unpaired) electrons. The van der Waals surface area contributed by atoms with Crippen molar-refractivity contribution in [3.8, 4) is 11.5 Å². The summed E-state index contributed by atoms with van der Waals surface area (Å²) in [6.07, 6.45) is 1.75. The molecule has 0 atom stereocenters. The van der Waals surface area contributed by atoms with E-state index in [1.165, 1.54) is 6.92 Å². The van der Waals surface area contributed by atoms with Gasteiger partial charge in [-0.1, -0.05) is 5.16 Å². The van der Waals surface area contributed by atoms with Crippen LogP contribution in [0.1, 0.15) is 17.6 Å². The first-order valence-electron chi connectivity index (χ1n) is 3.76. The van der Waals surface area contributed by atoms with Crippen LogP contribution in [0.3, 0.4) is 0 Å². The van der Waals surface area contributed by atoms with E-state index >= 15 is 0 Å². The highest BCUT2D eigenvalue weighted by molar-refractivity contribution is 5.89. The molecule has 5 heteroatoms. The normalized spacial score (nSPS) is 10.2. The van der Waals surface area contributed by atoms with Crippen molar-refractivity contribution in [3.63, 3.8) is 0 Å². The summed E-state index contributed by atoms with van der Waals surface area (Å²) < 4.78 is 4.72. The molecule has 0 bridgehead atoms. The molecule has 0 aliphatic carbocycles. The van der Waals surface area contributed by atoms with Crippen LogP contribution in [-0.4, -0.2) is 20.9 Å². The lowest BCUT2D eigenvalue weighted by atomic mass is 10.4. The van der Waals surface area contributed by atoms with Crippen LogP contribution in [0.2, 0.25) is 0 Å². The van der Waals surface area contributed by atoms with E-state index in [1.807, 2.05) is 6.07 Å². The minimum atomic E-state index is -0.231. The fraction of sp³-hybridized carbons (Fsp3) is 0.125. The zero-order valence-electron chi connectivity index (χ0n) is 6.94. The Bertz CT molecular complexity index is 416. The van der Waals surface area contributed by atoms with E-state index in [0.29, 0.717) is 5.82 Å². The number of H-pyrrole nitrogens is 1. The molecule has 0 saturated heterocycles. The maximum atomic E-state index is 10.8. The average Bonchev–Trinajstić information content (AvgIpc) is 2.75. The van der Waals surface area contributed by atoms with E-state index < -0.39 is 0 Å².